The number of hydrogen-bond donors (Lipinski definition) is 1. The number of nitrogens with zero attached hydrogens (tertiary/aromatic N) is 1. The Morgan fingerprint density at radius 2 is 2.00 bits per heavy atom. The van der Waals surface area contributed by atoms with Gasteiger partial charge < -0.3 is 5.32 Å². The minimum absolute atomic E-state index is 0.330. The maximum atomic E-state index is 4.40. The van der Waals surface area contributed by atoms with Crippen molar-refractivity contribution in [2.24, 2.45) is 0 Å². The molecule has 0 amide bonds. The zero-order valence-electron chi connectivity index (χ0n) is 10.4. The smallest absolute Gasteiger partial charge is 0.115 e. The number of aromatic nitrogens is 1. The highest BCUT2D eigenvalue weighted by Gasteiger charge is 2.11. The molecular weight excluding hydrogens is 308 g/mol. The molecule has 1 unspecified atom stereocenters. The Morgan fingerprint density at radius 1 is 1.22 bits per heavy atom. The molecule has 0 aliphatic rings. The molecule has 1 aromatic heterocycles. The summed E-state index contributed by atoms with van der Waals surface area (Å²) >= 11 is 5.22. The molecule has 0 aliphatic carbocycles. The number of pyridine rings is 1. The quantitative estimate of drug-likeness (QED) is 0.909. The summed E-state index contributed by atoms with van der Waals surface area (Å²) in [5, 5.41) is 4.27. The van der Waals surface area contributed by atoms with E-state index in [1.165, 1.54) is 10.5 Å². The number of nitrogens with one attached hydrogen (secondary N) is 1. The van der Waals surface area contributed by atoms with Crippen molar-refractivity contribution in [2.75, 3.05) is 7.05 Å². The van der Waals surface area contributed by atoms with Gasteiger partial charge in [-0.1, -0.05) is 30.0 Å². The van der Waals surface area contributed by atoms with E-state index in [0.29, 0.717) is 6.04 Å². The summed E-state index contributed by atoms with van der Waals surface area (Å²) < 4.78 is 1.03. The zero-order chi connectivity index (χ0) is 13.0. The lowest BCUT2D eigenvalue weighted by molar-refractivity contribution is 0.641. The van der Waals surface area contributed by atoms with Crippen LogP contribution in [-0.4, -0.2) is 12.0 Å². The number of hydrogen-bond acceptors (Lipinski definition) is 3. The van der Waals surface area contributed by atoms with Gasteiger partial charge in [-0.2, -0.15) is 0 Å². The van der Waals surface area contributed by atoms with Gasteiger partial charge in [0.1, 0.15) is 5.03 Å². The molecule has 0 saturated heterocycles. The van der Waals surface area contributed by atoms with Crippen LogP contribution in [0.25, 0.3) is 0 Å². The van der Waals surface area contributed by atoms with Gasteiger partial charge >= 0.3 is 0 Å². The van der Waals surface area contributed by atoms with Gasteiger partial charge in [0, 0.05) is 17.1 Å². The molecule has 94 valence electrons. The van der Waals surface area contributed by atoms with Crippen molar-refractivity contribution >= 4 is 27.7 Å². The number of benzene rings is 1. The summed E-state index contributed by atoms with van der Waals surface area (Å²) in [5.41, 5.74) is 1.29. The third-order valence-electron chi connectivity index (χ3n) is 2.75. The minimum Gasteiger partial charge on any atom is -0.313 e. The van der Waals surface area contributed by atoms with Crippen molar-refractivity contribution in [2.45, 2.75) is 22.9 Å². The highest BCUT2D eigenvalue weighted by molar-refractivity contribution is 9.10. The number of halogens is 1. The standard InChI is InChI=1S/C14H15BrN2S/c1-10(16-2)11-6-3-4-8-13(11)18-14-12(15)7-5-9-17-14/h3-10,16H,1-2H3. The van der Waals surface area contributed by atoms with E-state index in [4.69, 9.17) is 0 Å². The molecular formula is C14H15BrN2S. The van der Waals surface area contributed by atoms with Gasteiger partial charge in [0.2, 0.25) is 0 Å². The summed E-state index contributed by atoms with van der Waals surface area (Å²) in [6, 6.07) is 12.7. The highest BCUT2D eigenvalue weighted by Crippen LogP contribution is 2.35. The van der Waals surface area contributed by atoms with E-state index in [9.17, 15) is 0 Å². The fourth-order valence-electron chi connectivity index (χ4n) is 1.64. The molecule has 0 saturated carbocycles. The number of rotatable bonds is 4. The molecule has 1 heterocycles. The van der Waals surface area contributed by atoms with Crippen molar-refractivity contribution in [1.29, 1.82) is 0 Å². The van der Waals surface area contributed by atoms with Crippen LogP contribution in [-0.2, 0) is 0 Å². The molecule has 4 heteroatoms. The Balaban J connectivity index is 2.32. The fraction of sp³-hybridized carbons (Fsp3) is 0.214. The molecule has 1 N–H and O–H groups in total. The maximum Gasteiger partial charge on any atom is 0.115 e. The second-order valence-corrected chi connectivity index (χ2v) is 5.83. The van der Waals surface area contributed by atoms with Gasteiger partial charge in [-0.25, -0.2) is 4.98 Å². The van der Waals surface area contributed by atoms with Gasteiger partial charge in [0.05, 0.1) is 4.47 Å². The second kappa shape index (κ2) is 6.36. The molecule has 2 rings (SSSR count). The third-order valence-corrected chi connectivity index (χ3v) is 4.76. The molecule has 0 aliphatic heterocycles. The summed E-state index contributed by atoms with van der Waals surface area (Å²) in [4.78, 5) is 5.63. The summed E-state index contributed by atoms with van der Waals surface area (Å²) in [5.74, 6) is 0. The van der Waals surface area contributed by atoms with Crippen LogP contribution >= 0.6 is 27.7 Å². The first kappa shape index (κ1) is 13.6. The largest absolute Gasteiger partial charge is 0.313 e. The predicted molar refractivity (Wildman–Crippen MR) is 80.0 cm³/mol. The van der Waals surface area contributed by atoms with Crippen LogP contribution in [0.2, 0.25) is 0 Å². The van der Waals surface area contributed by atoms with Gasteiger partial charge in [-0.05, 0) is 53.7 Å². The van der Waals surface area contributed by atoms with Crippen molar-refractivity contribution in [3.63, 3.8) is 0 Å². The van der Waals surface area contributed by atoms with Crippen molar-refractivity contribution in [3.8, 4) is 0 Å². The third kappa shape index (κ3) is 3.13. The molecule has 2 aromatic rings. The summed E-state index contributed by atoms with van der Waals surface area (Å²) in [6.45, 7) is 2.16. The lowest BCUT2D eigenvalue weighted by Gasteiger charge is -2.15. The molecule has 0 spiro atoms. The summed E-state index contributed by atoms with van der Waals surface area (Å²) in [6.07, 6.45) is 1.82. The van der Waals surface area contributed by atoms with Gasteiger partial charge in [-0.3, -0.25) is 0 Å². The molecule has 0 fully saturated rings. The van der Waals surface area contributed by atoms with E-state index in [-0.39, 0.29) is 0 Å². The molecule has 1 aromatic carbocycles. The van der Waals surface area contributed by atoms with Crippen molar-refractivity contribution < 1.29 is 0 Å². The van der Waals surface area contributed by atoms with Crippen LogP contribution in [0.3, 0.4) is 0 Å². The van der Waals surface area contributed by atoms with E-state index < -0.39 is 0 Å². The Hall–Kier alpha value is -0.840. The Morgan fingerprint density at radius 3 is 2.72 bits per heavy atom. The Labute approximate surface area is 120 Å². The first-order chi connectivity index (χ1) is 8.72. The van der Waals surface area contributed by atoms with E-state index in [1.807, 2.05) is 25.4 Å². The molecule has 0 radical (unpaired) electrons. The fourth-order valence-corrected chi connectivity index (χ4v) is 3.13. The second-order valence-electron chi connectivity index (χ2n) is 3.94. The van der Waals surface area contributed by atoms with Crippen LogP contribution in [0.5, 0.6) is 0 Å². The molecule has 2 nitrogen and oxygen atoms in total. The molecule has 0 bridgehead atoms. The van der Waals surface area contributed by atoms with E-state index >= 15 is 0 Å². The lowest BCUT2D eigenvalue weighted by atomic mass is 10.1. The van der Waals surface area contributed by atoms with Gasteiger partial charge in [0.25, 0.3) is 0 Å². The van der Waals surface area contributed by atoms with E-state index in [0.717, 1.165) is 9.50 Å². The maximum absolute atomic E-state index is 4.40. The van der Waals surface area contributed by atoms with Crippen molar-refractivity contribution in [3.05, 3.63) is 52.6 Å². The van der Waals surface area contributed by atoms with Crippen LogP contribution < -0.4 is 5.32 Å². The highest BCUT2D eigenvalue weighted by atomic mass is 79.9. The first-order valence-electron chi connectivity index (χ1n) is 5.77. The monoisotopic (exact) mass is 322 g/mol. The lowest BCUT2D eigenvalue weighted by Crippen LogP contribution is -2.13. The zero-order valence-corrected chi connectivity index (χ0v) is 12.8. The first-order valence-corrected chi connectivity index (χ1v) is 7.38. The van der Waals surface area contributed by atoms with Crippen LogP contribution in [0.4, 0.5) is 0 Å². The van der Waals surface area contributed by atoms with Crippen LogP contribution in [0, 0.1) is 0 Å². The Kier molecular flexibility index (Phi) is 4.80. The topological polar surface area (TPSA) is 24.9 Å². The van der Waals surface area contributed by atoms with Crippen LogP contribution in [0.15, 0.2) is 57.0 Å². The van der Waals surface area contributed by atoms with Gasteiger partial charge in [0.15, 0.2) is 0 Å². The SMILES string of the molecule is CNC(C)c1ccccc1Sc1ncccc1Br. The van der Waals surface area contributed by atoms with E-state index in [1.54, 1.807) is 11.8 Å². The summed E-state index contributed by atoms with van der Waals surface area (Å²) in [7, 11) is 1.97. The molecule has 1 atom stereocenters. The molecule has 18 heavy (non-hydrogen) atoms. The average molecular weight is 323 g/mol. The van der Waals surface area contributed by atoms with Gasteiger partial charge in [-0.15, -0.1) is 0 Å². The van der Waals surface area contributed by atoms with E-state index in [2.05, 4.69) is 57.4 Å². The van der Waals surface area contributed by atoms with Crippen molar-refractivity contribution in [1.82, 2.24) is 10.3 Å². The minimum atomic E-state index is 0.330. The average Bonchev–Trinajstić information content (AvgIpc) is 2.41. The van der Waals surface area contributed by atoms with Crippen LogP contribution in [0.1, 0.15) is 18.5 Å². The normalized spacial score (nSPS) is 12.4. The Bertz CT molecular complexity index is 531. The predicted octanol–water partition coefficient (Wildman–Crippen LogP) is 4.28.